The second-order valence-corrected chi connectivity index (χ2v) is 9.19. The van der Waals surface area contributed by atoms with E-state index < -0.39 is 10.1 Å². The minimum atomic E-state index is -3.39. The Kier molecular flexibility index (Phi) is 4.38. The fraction of sp³-hybridized carbons (Fsp3) is 0.579. The molecule has 136 valence electrons. The number of aromatic nitrogens is 1. The number of likely N-dealkylation sites (tertiary alicyclic amines) is 1. The Morgan fingerprint density at radius 3 is 2.96 bits per heavy atom. The first-order valence-electron chi connectivity index (χ1n) is 9.13. The second-order valence-electron chi connectivity index (χ2n) is 7.55. The highest BCUT2D eigenvalue weighted by atomic mass is 32.2. The molecular formula is C19H26N2O3S. The summed E-state index contributed by atoms with van der Waals surface area (Å²) in [5.41, 5.74) is 4.04. The average Bonchev–Trinajstić information content (AvgIpc) is 2.98. The zero-order valence-electron chi connectivity index (χ0n) is 14.9. The highest BCUT2D eigenvalue weighted by molar-refractivity contribution is 7.85. The lowest BCUT2D eigenvalue weighted by Crippen LogP contribution is -2.51. The van der Waals surface area contributed by atoms with Crippen molar-refractivity contribution in [2.75, 3.05) is 26.0 Å². The second kappa shape index (κ2) is 6.41. The van der Waals surface area contributed by atoms with E-state index in [1.165, 1.54) is 22.0 Å². The van der Waals surface area contributed by atoms with Gasteiger partial charge in [0.15, 0.2) is 0 Å². The molecule has 0 amide bonds. The van der Waals surface area contributed by atoms with Crippen LogP contribution in [0.4, 0.5) is 0 Å². The third-order valence-electron chi connectivity index (χ3n) is 5.69. The van der Waals surface area contributed by atoms with E-state index in [0.29, 0.717) is 12.0 Å². The smallest absolute Gasteiger partial charge is 0.264 e. The number of aromatic amines is 1. The number of fused-ring (bicyclic) bond motifs is 2. The summed E-state index contributed by atoms with van der Waals surface area (Å²) in [7, 11) is -3.39. The maximum absolute atomic E-state index is 11.4. The van der Waals surface area contributed by atoms with E-state index in [2.05, 4.69) is 41.2 Å². The maximum Gasteiger partial charge on any atom is 0.264 e. The van der Waals surface area contributed by atoms with Gasteiger partial charge in [0, 0.05) is 35.6 Å². The summed E-state index contributed by atoms with van der Waals surface area (Å²) in [6, 6.07) is 7.02. The van der Waals surface area contributed by atoms with Crippen molar-refractivity contribution in [1.82, 2.24) is 9.88 Å². The predicted molar refractivity (Wildman–Crippen MR) is 99.3 cm³/mol. The van der Waals surface area contributed by atoms with Crippen molar-refractivity contribution in [3.63, 3.8) is 0 Å². The summed E-state index contributed by atoms with van der Waals surface area (Å²) in [5, 5.41) is 1.38. The summed E-state index contributed by atoms with van der Waals surface area (Å²) < 4.78 is 28.0. The lowest BCUT2D eigenvalue weighted by atomic mass is 9.72. The number of hydrogen-bond acceptors (Lipinski definition) is 4. The molecule has 1 aromatic carbocycles. The first kappa shape index (κ1) is 17.1. The monoisotopic (exact) mass is 362 g/mol. The molecule has 1 unspecified atom stereocenters. The van der Waals surface area contributed by atoms with Gasteiger partial charge in [0.05, 0.1) is 12.9 Å². The third kappa shape index (κ3) is 3.23. The Morgan fingerprint density at radius 1 is 1.36 bits per heavy atom. The fourth-order valence-electron chi connectivity index (χ4n) is 4.78. The van der Waals surface area contributed by atoms with Gasteiger partial charge in [-0.2, -0.15) is 8.42 Å². The van der Waals surface area contributed by atoms with Crippen LogP contribution in [0.15, 0.2) is 24.4 Å². The minimum Gasteiger partial charge on any atom is -0.361 e. The van der Waals surface area contributed by atoms with Gasteiger partial charge < -0.3 is 4.98 Å². The van der Waals surface area contributed by atoms with Gasteiger partial charge >= 0.3 is 0 Å². The van der Waals surface area contributed by atoms with Gasteiger partial charge in [0.25, 0.3) is 10.1 Å². The zero-order chi connectivity index (χ0) is 17.6. The molecule has 2 aromatic rings. The minimum absolute atomic E-state index is 0.248. The van der Waals surface area contributed by atoms with Crippen LogP contribution >= 0.6 is 0 Å². The van der Waals surface area contributed by atoms with Gasteiger partial charge in [0.2, 0.25) is 0 Å². The van der Waals surface area contributed by atoms with Gasteiger partial charge in [-0.1, -0.05) is 19.1 Å². The van der Waals surface area contributed by atoms with Crippen LogP contribution < -0.4 is 0 Å². The van der Waals surface area contributed by atoms with E-state index in [9.17, 15) is 8.42 Å². The molecule has 0 saturated carbocycles. The van der Waals surface area contributed by atoms with Crippen molar-refractivity contribution < 1.29 is 12.6 Å². The quantitative estimate of drug-likeness (QED) is 0.831. The van der Waals surface area contributed by atoms with Crippen molar-refractivity contribution in [3.8, 4) is 0 Å². The van der Waals surface area contributed by atoms with Gasteiger partial charge in [-0.05, 0) is 48.9 Å². The van der Waals surface area contributed by atoms with E-state index in [1.54, 1.807) is 0 Å². The standard InChI is InChI=1S/C19H26N2O3S/c1-3-7-21-11-13(12-24-25(2,22)23)8-16-15-5-4-6-17-19(15)14(10-20-17)9-18(16)21/h4-6,10,13,16,18,20H,3,7-9,11-12H2,1-2H3/t13-,16?,18+/m1/s1. The van der Waals surface area contributed by atoms with Crippen LogP contribution in [0.1, 0.15) is 36.8 Å². The van der Waals surface area contributed by atoms with Crippen LogP contribution in [0.25, 0.3) is 10.9 Å². The number of hydrogen-bond donors (Lipinski definition) is 1. The van der Waals surface area contributed by atoms with Gasteiger partial charge in [-0.15, -0.1) is 0 Å². The van der Waals surface area contributed by atoms with Crippen LogP contribution in [0, 0.1) is 5.92 Å². The van der Waals surface area contributed by atoms with Crippen molar-refractivity contribution in [3.05, 3.63) is 35.5 Å². The van der Waals surface area contributed by atoms with Crippen LogP contribution in [0.5, 0.6) is 0 Å². The van der Waals surface area contributed by atoms with E-state index in [-0.39, 0.29) is 12.5 Å². The molecule has 0 spiro atoms. The highest BCUT2D eigenvalue weighted by Gasteiger charge is 2.40. The average molecular weight is 362 g/mol. The van der Waals surface area contributed by atoms with Crippen LogP contribution in [-0.2, 0) is 20.7 Å². The van der Waals surface area contributed by atoms with Crippen molar-refractivity contribution >= 4 is 21.0 Å². The van der Waals surface area contributed by atoms with Crippen LogP contribution in [0.3, 0.4) is 0 Å². The van der Waals surface area contributed by atoms with Crippen molar-refractivity contribution in [2.24, 2.45) is 5.92 Å². The normalized spacial score (nSPS) is 26.7. The molecule has 2 heterocycles. The number of H-pyrrole nitrogens is 1. The lowest BCUT2D eigenvalue weighted by molar-refractivity contribution is 0.0640. The van der Waals surface area contributed by atoms with E-state index >= 15 is 0 Å². The summed E-state index contributed by atoms with van der Waals surface area (Å²) >= 11 is 0. The van der Waals surface area contributed by atoms with E-state index in [4.69, 9.17) is 4.18 Å². The number of nitrogens with zero attached hydrogens (tertiary/aromatic N) is 1. The fourth-order valence-corrected chi connectivity index (χ4v) is 5.22. The Balaban J connectivity index is 1.67. The molecule has 1 N–H and O–H groups in total. The molecule has 1 saturated heterocycles. The Morgan fingerprint density at radius 2 is 2.20 bits per heavy atom. The summed E-state index contributed by atoms with van der Waals surface area (Å²) in [6.07, 6.45) is 6.46. The molecular weight excluding hydrogens is 336 g/mol. The topological polar surface area (TPSA) is 62.4 Å². The van der Waals surface area contributed by atoms with Gasteiger partial charge in [-0.25, -0.2) is 0 Å². The third-order valence-corrected chi connectivity index (χ3v) is 6.25. The number of piperidine rings is 1. The molecule has 2 aliphatic rings. The van der Waals surface area contributed by atoms with Crippen molar-refractivity contribution in [1.29, 1.82) is 0 Å². The SMILES string of the molecule is CCCN1C[C@H](COS(C)(=O)=O)CC2c3cccc4[nH]cc(c34)C[C@@H]21. The first-order valence-corrected chi connectivity index (χ1v) is 10.9. The first-order chi connectivity index (χ1) is 12.0. The van der Waals surface area contributed by atoms with E-state index in [1.807, 2.05) is 0 Å². The molecule has 4 rings (SSSR count). The summed E-state index contributed by atoms with van der Waals surface area (Å²) in [6.45, 7) is 4.46. The molecule has 0 radical (unpaired) electrons. The number of rotatable bonds is 5. The molecule has 1 aliphatic heterocycles. The molecule has 1 aliphatic carbocycles. The largest absolute Gasteiger partial charge is 0.361 e. The molecule has 0 bridgehead atoms. The predicted octanol–water partition coefficient (Wildman–Crippen LogP) is 2.88. The van der Waals surface area contributed by atoms with E-state index in [0.717, 1.165) is 38.6 Å². The molecule has 1 fully saturated rings. The lowest BCUT2D eigenvalue weighted by Gasteiger charge is -2.47. The van der Waals surface area contributed by atoms with Gasteiger partial charge in [-0.3, -0.25) is 9.08 Å². The highest BCUT2D eigenvalue weighted by Crippen LogP contribution is 2.44. The number of nitrogens with one attached hydrogen (secondary N) is 1. The van der Waals surface area contributed by atoms with Crippen LogP contribution in [-0.4, -0.2) is 50.3 Å². The Hall–Kier alpha value is -1.37. The van der Waals surface area contributed by atoms with Crippen molar-refractivity contribution in [2.45, 2.75) is 38.1 Å². The molecule has 3 atom stereocenters. The molecule has 25 heavy (non-hydrogen) atoms. The summed E-state index contributed by atoms with van der Waals surface area (Å²) in [4.78, 5) is 5.97. The maximum atomic E-state index is 11.4. The Labute approximate surface area is 149 Å². The molecule has 6 heteroatoms. The Bertz CT molecular complexity index is 874. The zero-order valence-corrected chi connectivity index (χ0v) is 15.7. The van der Waals surface area contributed by atoms with Gasteiger partial charge in [0.1, 0.15) is 0 Å². The number of benzene rings is 1. The molecule has 1 aromatic heterocycles. The van der Waals surface area contributed by atoms with Crippen LogP contribution in [0.2, 0.25) is 0 Å². The molecule has 5 nitrogen and oxygen atoms in total. The summed E-state index contributed by atoms with van der Waals surface area (Å²) in [5.74, 6) is 0.693.